The largest absolute Gasteiger partial charge is 0.507 e. The molecule has 0 amide bonds. The van der Waals surface area contributed by atoms with Gasteiger partial charge < -0.3 is 9.84 Å². The van der Waals surface area contributed by atoms with Crippen LogP contribution in [0.25, 0.3) is 0 Å². The Kier molecular flexibility index (Phi) is 3.01. The van der Waals surface area contributed by atoms with Crippen molar-refractivity contribution in [2.75, 3.05) is 7.11 Å². The predicted molar refractivity (Wildman–Crippen MR) is 84.6 cm³/mol. The van der Waals surface area contributed by atoms with Crippen LogP contribution in [0.4, 0.5) is 0 Å². The average Bonchev–Trinajstić information content (AvgIpc) is 2.58. The molecule has 0 spiro atoms. The summed E-state index contributed by atoms with van der Waals surface area (Å²) in [4.78, 5) is 26.0. The van der Waals surface area contributed by atoms with Gasteiger partial charge >= 0.3 is 0 Å². The third-order valence-electron chi connectivity index (χ3n) is 4.80. The number of phenolic OH excluding ortho intramolecular Hbond substituents is 1. The van der Waals surface area contributed by atoms with Gasteiger partial charge in [0.1, 0.15) is 11.5 Å². The van der Waals surface area contributed by atoms with Crippen molar-refractivity contribution in [3.05, 3.63) is 57.6 Å². The molecule has 0 saturated heterocycles. The van der Waals surface area contributed by atoms with Gasteiger partial charge in [-0.25, -0.2) is 0 Å². The van der Waals surface area contributed by atoms with Crippen molar-refractivity contribution in [2.45, 2.75) is 25.7 Å². The summed E-state index contributed by atoms with van der Waals surface area (Å²) in [6.07, 6.45) is 3.65. The fourth-order valence-electron chi connectivity index (χ4n) is 3.75. The molecule has 0 atom stereocenters. The lowest BCUT2D eigenvalue weighted by Crippen LogP contribution is -2.25. The molecule has 0 bridgehead atoms. The molecule has 0 aromatic heterocycles. The molecule has 4 heteroatoms. The molecule has 0 saturated carbocycles. The Morgan fingerprint density at radius 3 is 2.57 bits per heavy atom. The van der Waals surface area contributed by atoms with E-state index in [1.165, 1.54) is 7.11 Å². The fourth-order valence-corrected chi connectivity index (χ4v) is 3.75. The zero-order chi connectivity index (χ0) is 16.1. The normalized spacial score (nSPS) is 15.7. The summed E-state index contributed by atoms with van der Waals surface area (Å²) < 4.78 is 5.24. The quantitative estimate of drug-likeness (QED) is 0.750. The highest BCUT2D eigenvalue weighted by molar-refractivity contribution is 6.30. The van der Waals surface area contributed by atoms with Crippen LogP contribution in [-0.4, -0.2) is 23.8 Å². The number of hydrogen-bond acceptors (Lipinski definition) is 4. The molecule has 0 radical (unpaired) electrons. The lowest BCUT2D eigenvalue weighted by Gasteiger charge is -2.26. The summed E-state index contributed by atoms with van der Waals surface area (Å²) in [6, 6.07) is 6.67. The van der Waals surface area contributed by atoms with Gasteiger partial charge in [0.25, 0.3) is 0 Å². The SMILES string of the molecule is COc1cccc2c1C(=O)c1c(O)cc3c(c1C2=O)CCCC3. The molecule has 4 nitrogen and oxygen atoms in total. The van der Waals surface area contributed by atoms with E-state index in [0.29, 0.717) is 16.9 Å². The molecule has 2 aromatic carbocycles. The van der Waals surface area contributed by atoms with E-state index < -0.39 is 0 Å². The number of benzene rings is 2. The fraction of sp³-hybridized carbons (Fsp3) is 0.263. The van der Waals surface area contributed by atoms with Gasteiger partial charge in [0.15, 0.2) is 5.78 Å². The molecule has 2 aliphatic carbocycles. The van der Waals surface area contributed by atoms with E-state index in [1.54, 1.807) is 24.3 Å². The highest BCUT2D eigenvalue weighted by atomic mass is 16.5. The predicted octanol–water partition coefficient (Wildman–Crippen LogP) is 3.06. The van der Waals surface area contributed by atoms with Crippen molar-refractivity contribution < 1.29 is 19.4 Å². The maximum absolute atomic E-state index is 13.0. The molecule has 0 heterocycles. The van der Waals surface area contributed by atoms with E-state index >= 15 is 0 Å². The molecule has 1 N–H and O–H groups in total. The van der Waals surface area contributed by atoms with Gasteiger partial charge in [0, 0.05) is 11.1 Å². The van der Waals surface area contributed by atoms with Gasteiger partial charge in [-0.05, 0) is 48.9 Å². The number of aryl methyl sites for hydroxylation is 1. The molecule has 2 aromatic rings. The zero-order valence-corrected chi connectivity index (χ0v) is 12.8. The van der Waals surface area contributed by atoms with Crippen LogP contribution in [0.2, 0.25) is 0 Å². The molecule has 0 unspecified atom stereocenters. The van der Waals surface area contributed by atoms with E-state index in [9.17, 15) is 14.7 Å². The highest BCUT2D eigenvalue weighted by Gasteiger charge is 2.37. The van der Waals surface area contributed by atoms with E-state index in [2.05, 4.69) is 0 Å². The first kappa shape index (κ1) is 14.0. The minimum atomic E-state index is -0.335. The van der Waals surface area contributed by atoms with Crippen LogP contribution in [0, 0.1) is 0 Å². The first-order valence-corrected chi connectivity index (χ1v) is 7.77. The van der Waals surface area contributed by atoms with Crippen LogP contribution in [0.15, 0.2) is 24.3 Å². The van der Waals surface area contributed by atoms with Crippen molar-refractivity contribution in [2.24, 2.45) is 0 Å². The van der Waals surface area contributed by atoms with Crippen LogP contribution < -0.4 is 4.74 Å². The van der Waals surface area contributed by atoms with Crippen LogP contribution in [-0.2, 0) is 12.8 Å². The Bertz CT molecular complexity index is 864. The van der Waals surface area contributed by atoms with Crippen molar-refractivity contribution >= 4 is 11.6 Å². The van der Waals surface area contributed by atoms with Crippen LogP contribution >= 0.6 is 0 Å². The van der Waals surface area contributed by atoms with Gasteiger partial charge in [-0.15, -0.1) is 0 Å². The standard InChI is InChI=1S/C19H16O4/c1-23-14-8-4-7-12-15(14)19(22)17-13(20)9-10-5-2-3-6-11(10)16(17)18(12)21/h4,7-9,20H,2-3,5-6H2,1H3. The Balaban J connectivity index is 2.05. The van der Waals surface area contributed by atoms with Crippen LogP contribution in [0.3, 0.4) is 0 Å². The minimum Gasteiger partial charge on any atom is -0.507 e. The van der Waals surface area contributed by atoms with Gasteiger partial charge in [-0.1, -0.05) is 12.1 Å². The number of ether oxygens (including phenoxy) is 1. The monoisotopic (exact) mass is 308 g/mol. The number of phenols is 1. The van der Waals surface area contributed by atoms with Crippen molar-refractivity contribution in [1.29, 1.82) is 0 Å². The van der Waals surface area contributed by atoms with E-state index in [4.69, 9.17) is 4.74 Å². The number of rotatable bonds is 1. The molecule has 116 valence electrons. The minimum absolute atomic E-state index is 0.101. The van der Waals surface area contributed by atoms with Crippen molar-refractivity contribution in [3.63, 3.8) is 0 Å². The average molecular weight is 308 g/mol. The molecular weight excluding hydrogens is 292 g/mol. The first-order chi connectivity index (χ1) is 11.1. The topological polar surface area (TPSA) is 63.6 Å². The maximum atomic E-state index is 13.0. The number of carbonyl (C=O) groups excluding carboxylic acids is 2. The molecule has 23 heavy (non-hydrogen) atoms. The Morgan fingerprint density at radius 2 is 1.78 bits per heavy atom. The third kappa shape index (κ3) is 1.84. The summed E-state index contributed by atoms with van der Waals surface area (Å²) in [5.41, 5.74) is 3.05. The number of ketones is 2. The summed E-state index contributed by atoms with van der Waals surface area (Å²) in [5, 5.41) is 10.4. The number of hydrogen-bond donors (Lipinski definition) is 1. The van der Waals surface area contributed by atoms with E-state index in [-0.39, 0.29) is 28.4 Å². The van der Waals surface area contributed by atoms with Crippen LogP contribution in [0.1, 0.15) is 55.8 Å². The lowest BCUT2D eigenvalue weighted by molar-refractivity contribution is 0.0973. The second kappa shape index (κ2) is 4.95. The van der Waals surface area contributed by atoms with Crippen LogP contribution in [0.5, 0.6) is 11.5 Å². The Labute approximate surface area is 133 Å². The highest BCUT2D eigenvalue weighted by Crippen LogP contribution is 2.41. The molecular formula is C19H16O4. The third-order valence-corrected chi connectivity index (χ3v) is 4.80. The number of fused-ring (bicyclic) bond motifs is 4. The second-order valence-corrected chi connectivity index (χ2v) is 6.03. The molecule has 0 fully saturated rings. The summed E-state index contributed by atoms with van der Waals surface area (Å²) >= 11 is 0. The van der Waals surface area contributed by atoms with Gasteiger partial charge in [-0.3, -0.25) is 9.59 Å². The van der Waals surface area contributed by atoms with E-state index in [1.807, 2.05) is 0 Å². The molecule has 2 aliphatic rings. The lowest BCUT2D eigenvalue weighted by atomic mass is 9.76. The second-order valence-electron chi connectivity index (χ2n) is 6.03. The van der Waals surface area contributed by atoms with Gasteiger partial charge in [-0.2, -0.15) is 0 Å². The number of methoxy groups -OCH3 is 1. The van der Waals surface area contributed by atoms with E-state index in [0.717, 1.165) is 36.8 Å². The maximum Gasteiger partial charge on any atom is 0.201 e. The zero-order valence-electron chi connectivity index (χ0n) is 12.8. The number of carbonyl (C=O) groups is 2. The van der Waals surface area contributed by atoms with Crippen molar-refractivity contribution in [3.8, 4) is 11.5 Å². The first-order valence-electron chi connectivity index (χ1n) is 7.77. The summed E-state index contributed by atoms with van der Waals surface area (Å²) in [7, 11) is 1.47. The molecule has 0 aliphatic heterocycles. The van der Waals surface area contributed by atoms with Gasteiger partial charge in [0.2, 0.25) is 5.78 Å². The van der Waals surface area contributed by atoms with Gasteiger partial charge in [0.05, 0.1) is 18.2 Å². The van der Waals surface area contributed by atoms with Crippen molar-refractivity contribution in [1.82, 2.24) is 0 Å². The number of aromatic hydroxyl groups is 1. The summed E-state index contributed by atoms with van der Waals surface area (Å²) in [6.45, 7) is 0. The smallest absolute Gasteiger partial charge is 0.201 e. The Hall–Kier alpha value is -2.62. The Morgan fingerprint density at radius 1 is 1.00 bits per heavy atom. The summed E-state index contributed by atoms with van der Waals surface area (Å²) in [5.74, 6) is -0.264. The molecule has 4 rings (SSSR count).